The highest BCUT2D eigenvalue weighted by atomic mass is 16.4. The molecule has 0 aliphatic rings. The summed E-state index contributed by atoms with van der Waals surface area (Å²) in [5.41, 5.74) is 1.11. The molecule has 0 amide bonds. The number of carboxylic acid groups (broad SMARTS) is 2. The van der Waals surface area contributed by atoms with Gasteiger partial charge in [-0.2, -0.15) is 0 Å². The highest BCUT2D eigenvalue weighted by Gasteiger charge is 1.76. The summed E-state index contributed by atoms with van der Waals surface area (Å²) >= 11 is 0. The Morgan fingerprint density at radius 1 is 1.00 bits per heavy atom. The largest absolute Gasteiger partial charge is 0.478 e. The van der Waals surface area contributed by atoms with Crippen LogP contribution in [-0.4, -0.2) is 27.1 Å². The fourth-order valence-corrected chi connectivity index (χ4v) is 0.500. The lowest BCUT2D eigenvalue weighted by molar-refractivity contribution is -0.132. The number of hydrogen-bond donors (Lipinski definition) is 2. The maximum Gasteiger partial charge on any atom is 0.327 e. The standard InChI is InChI=1S/C7H7N.2C3H4O2/c1-2-7-3-5-8-6-4-7;2*1-2-3(4)5/h2-6H,1H2;2*2H,1H2,(H,4,5). The Labute approximate surface area is 105 Å². The SMILES string of the molecule is C=CC(=O)O.C=CC(=O)O.C=Cc1ccncc1. The second-order valence-corrected chi connectivity index (χ2v) is 2.57. The normalized spacial score (nSPS) is 7.33. The summed E-state index contributed by atoms with van der Waals surface area (Å²) in [5.74, 6) is -1.96. The maximum atomic E-state index is 9.25. The topological polar surface area (TPSA) is 87.5 Å². The van der Waals surface area contributed by atoms with Crippen molar-refractivity contribution in [1.29, 1.82) is 0 Å². The Balaban J connectivity index is 0. The first-order chi connectivity index (χ1) is 8.47. The number of aromatic nitrogens is 1. The number of rotatable bonds is 3. The van der Waals surface area contributed by atoms with Gasteiger partial charge in [-0.15, -0.1) is 0 Å². The molecule has 96 valence electrons. The minimum absolute atomic E-state index is 0.833. The van der Waals surface area contributed by atoms with Gasteiger partial charge in [0.2, 0.25) is 0 Å². The first kappa shape index (κ1) is 17.7. The Bertz CT molecular complexity index is 381. The van der Waals surface area contributed by atoms with Crippen molar-refractivity contribution in [3.63, 3.8) is 0 Å². The summed E-state index contributed by atoms with van der Waals surface area (Å²) in [7, 11) is 0. The molecule has 0 saturated heterocycles. The first-order valence-electron chi connectivity index (χ1n) is 4.71. The number of carbonyl (C=O) groups is 2. The number of hydrogen-bond acceptors (Lipinski definition) is 3. The molecule has 0 spiro atoms. The van der Waals surface area contributed by atoms with E-state index >= 15 is 0 Å². The summed E-state index contributed by atoms with van der Waals surface area (Å²) in [4.78, 5) is 22.3. The van der Waals surface area contributed by atoms with Crippen molar-refractivity contribution in [1.82, 2.24) is 4.98 Å². The van der Waals surface area contributed by atoms with E-state index in [1.165, 1.54) is 0 Å². The predicted molar refractivity (Wildman–Crippen MR) is 70.0 cm³/mol. The molecule has 2 N–H and O–H groups in total. The summed E-state index contributed by atoms with van der Waals surface area (Å²) in [6.45, 7) is 9.52. The molecule has 5 heteroatoms. The van der Waals surface area contributed by atoms with Crippen molar-refractivity contribution in [2.24, 2.45) is 0 Å². The average molecular weight is 249 g/mol. The third-order valence-electron chi connectivity index (χ3n) is 1.29. The number of aliphatic carboxylic acids is 2. The zero-order chi connectivity index (χ0) is 14.4. The molecule has 0 saturated carbocycles. The monoisotopic (exact) mass is 249 g/mol. The Kier molecular flexibility index (Phi) is 12.2. The van der Waals surface area contributed by atoms with Gasteiger partial charge in [0.15, 0.2) is 0 Å². The Hall–Kier alpha value is -2.69. The van der Waals surface area contributed by atoms with Crippen molar-refractivity contribution >= 4 is 18.0 Å². The third kappa shape index (κ3) is 15.8. The molecule has 1 aromatic heterocycles. The highest BCUT2D eigenvalue weighted by molar-refractivity contribution is 5.79. The van der Waals surface area contributed by atoms with Gasteiger partial charge in [0.25, 0.3) is 0 Å². The molecule has 0 bridgehead atoms. The molecular weight excluding hydrogens is 234 g/mol. The van der Waals surface area contributed by atoms with Crippen LogP contribution in [0.2, 0.25) is 0 Å². The van der Waals surface area contributed by atoms with E-state index in [4.69, 9.17) is 10.2 Å². The number of pyridine rings is 1. The van der Waals surface area contributed by atoms with E-state index in [1.54, 1.807) is 18.5 Å². The summed E-state index contributed by atoms with van der Waals surface area (Å²) < 4.78 is 0. The molecule has 1 rings (SSSR count). The second-order valence-electron chi connectivity index (χ2n) is 2.57. The molecule has 0 radical (unpaired) electrons. The van der Waals surface area contributed by atoms with E-state index in [9.17, 15) is 9.59 Å². The van der Waals surface area contributed by atoms with Gasteiger partial charge < -0.3 is 10.2 Å². The number of carboxylic acids is 2. The Morgan fingerprint density at radius 3 is 1.50 bits per heavy atom. The van der Waals surface area contributed by atoms with Crippen molar-refractivity contribution in [3.05, 3.63) is 62.0 Å². The molecular formula is C13H15NO4. The van der Waals surface area contributed by atoms with Crippen LogP contribution >= 0.6 is 0 Å². The van der Waals surface area contributed by atoms with Gasteiger partial charge in [-0.25, -0.2) is 9.59 Å². The van der Waals surface area contributed by atoms with Crippen molar-refractivity contribution in [2.45, 2.75) is 0 Å². The molecule has 0 unspecified atom stereocenters. The van der Waals surface area contributed by atoms with Crippen LogP contribution in [0.3, 0.4) is 0 Å². The fraction of sp³-hybridized carbons (Fsp3) is 0. The molecule has 0 aromatic carbocycles. The van der Waals surface area contributed by atoms with Crippen LogP contribution in [-0.2, 0) is 9.59 Å². The molecule has 1 aromatic rings. The van der Waals surface area contributed by atoms with E-state index < -0.39 is 11.9 Å². The van der Waals surface area contributed by atoms with E-state index in [0.29, 0.717) is 0 Å². The van der Waals surface area contributed by atoms with Gasteiger partial charge in [-0.3, -0.25) is 4.98 Å². The van der Waals surface area contributed by atoms with E-state index in [1.807, 2.05) is 12.1 Å². The minimum atomic E-state index is -0.981. The molecule has 0 aliphatic heterocycles. The lowest BCUT2D eigenvalue weighted by Crippen LogP contribution is -1.82. The van der Waals surface area contributed by atoms with E-state index in [-0.39, 0.29) is 0 Å². The van der Waals surface area contributed by atoms with E-state index in [0.717, 1.165) is 17.7 Å². The van der Waals surface area contributed by atoms with Crippen LogP contribution in [0.25, 0.3) is 6.08 Å². The van der Waals surface area contributed by atoms with Gasteiger partial charge in [0, 0.05) is 24.5 Å². The number of nitrogens with zero attached hydrogens (tertiary/aromatic N) is 1. The molecule has 5 nitrogen and oxygen atoms in total. The zero-order valence-electron chi connectivity index (χ0n) is 9.82. The predicted octanol–water partition coefficient (Wildman–Crippen LogP) is 2.24. The average Bonchev–Trinajstić information content (AvgIpc) is 2.41. The van der Waals surface area contributed by atoms with Gasteiger partial charge in [-0.1, -0.05) is 25.8 Å². The fourth-order valence-electron chi connectivity index (χ4n) is 0.500. The maximum absolute atomic E-state index is 9.25. The van der Waals surface area contributed by atoms with Crippen molar-refractivity contribution in [3.8, 4) is 0 Å². The molecule has 18 heavy (non-hydrogen) atoms. The van der Waals surface area contributed by atoms with Crippen molar-refractivity contribution < 1.29 is 19.8 Å². The quantitative estimate of drug-likeness (QED) is 0.802. The highest BCUT2D eigenvalue weighted by Crippen LogP contribution is 1.94. The van der Waals surface area contributed by atoms with Gasteiger partial charge in [-0.05, 0) is 17.7 Å². The lowest BCUT2D eigenvalue weighted by Gasteiger charge is -1.84. The van der Waals surface area contributed by atoms with Crippen LogP contribution in [0.15, 0.2) is 56.4 Å². The smallest absolute Gasteiger partial charge is 0.327 e. The summed E-state index contributed by atoms with van der Waals surface area (Å²) in [5, 5.41) is 15.2. The first-order valence-corrected chi connectivity index (χ1v) is 4.71. The van der Waals surface area contributed by atoms with Gasteiger partial charge in [0.1, 0.15) is 0 Å². The summed E-state index contributed by atoms with van der Waals surface area (Å²) in [6, 6.07) is 3.82. The van der Waals surface area contributed by atoms with E-state index in [2.05, 4.69) is 24.7 Å². The zero-order valence-corrected chi connectivity index (χ0v) is 9.82. The lowest BCUT2D eigenvalue weighted by atomic mass is 10.3. The van der Waals surface area contributed by atoms with Gasteiger partial charge >= 0.3 is 11.9 Å². The van der Waals surface area contributed by atoms with Crippen LogP contribution in [0.4, 0.5) is 0 Å². The summed E-state index contributed by atoms with van der Waals surface area (Å²) in [6.07, 6.45) is 6.95. The van der Waals surface area contributed by atoms with Crippen LogP contribution < -0.4 is 0 Å². The molecule has 1 heterocycles. The Morgan fingerprint density at radius 2 is 1.33 bits per heavy atom. The molecule has 0 aliphatic carbocycles. The van der Waals surface area contributed by atoms with Crippen LogP contribution in [0.5, 0.6) is 0 Å². The minimum Gasteiger partial charge on any atom is -0.478 e. The second kappa shape index (κ2) is 12.4. The molecule has 0 atom stereocenters. The van der Waals surface area contributed by atoms with Crippen molar-refractivity contribution in [2.75, 3.05) is 0 Å². The van der Waals surface area contributed by atoms with Gasteiger partial charge in [0.05, 0.1) is 0 Å². The van der Waals surface area contributed by atoms with Crippen LogP contribution in [0.1, 0.15) is 5.56 Å². The third-order valence-corrected chi connectivity index (χ3v) is 1.29. The molecule has 0 fully saturated rings. The van der Waals surface area contributed by atoms with Crippen LogP contribution in [0, 0.1) is 0 Å².